The van der Waals surface area contributed by atoms with Crippen LogP contribution < -0.4 is 0 Å². The number of likely N-dealkylation sites (tertiary alicyclic amines) is 2. The van der Waals surface area contributed by atoms with Gasteiger partial charge in [0.1, 0.15) is 11.2 Å². The Bertz CT molecular complexity index is 801. The minimum Gasteiger partial charge on any atom is -0.444 e. The largest absolute Gasteiger partial charge is 0.444 e. The number of amides is 2. The third kappa shape index (κ3) is 8.73. The van der Waals surface area contributed by atoms with Crippen LogP contribution in [0.15, 0.2) is 0 Å². The van der Waals surface area contributed by atoms with Crippen molar-refractivity contribution in [2.24, 2.45) is 35.5 Å². The molecule has 2 amide bonds. The average Bonchev–Trinajstić information content (AvgIpc) is 3.69. The van der Waals surface area contributed by atoms with Crippen LogP contribution in [0.5, 0.6) is 0 Å². The quantitative estimate of drug-likeness (QED) is 0.478. The molecule has 0 spiro atoms. The summed E-state index contributed by atoms with van der Waals surface area (Å²) in [6.45, 7) is 16.1. The van der Waals surface area contributed by atoms with E-state index in [0.29, 0.717) is 12.7 Å². The Balaban J connectivity index is 0.000000177. The maximum absolute atomic E-state index is 12.0. The lowest BCUT2D eigenvalue weighted by Crippen LogP contribution is -2.42. The highest BCUT2D eigenvalue weighted by molar-refractivity contribution is 5.68. The average molecular weight is 537 g/mol. The molecule has 38 heavy (non-hydrogen) atoms. The van der Waals surface area contributed by atoms with Gasteiger partial charge in [-0.25, -0.2) is 9.59 Å². The van der Waals surface area contributed by atoms with Crippen molar-refractivity contribution in [3.8, 4) is 0 Å². The molecular weight excluding hydrogens is 484 g/mol. The number of aliphatic hydroxyl groups excluding tert-OH is 1. The van der Waals surface area contributed by atoms with Crippen molar-refractivity contribution < 1.29 is 28.9 Å². The lowest BCUT2D eigenvalue weighted by atomic mass is 9.90. The van der Waals surface area contributed by atoms with Crippen LogP contribution in [0.3, 0.4) is 0 Å². The topological polar surface area (TPSA) is 91.8 Å². The summed E-state index contributed by atoms with van der Waals surface area (Å²) in [4.78, 5) is 27.6. The molecule has 5 atom stereocenters. The number of carbonyl (C=O) groups excluding carboxylic acids is 2. The standard InChI is InChI=1S/C15H25NO3.C15H27NO3/c1-15(2,3)19-14(17)16-6-4-10(5-7-16)11-8-12(11)13-9-18-13;1-15(2,3)19-14(18)16-7-4-11(5-8-16)13-10-12(13)6-9-17/h10-13H,4-9H2,1-3H3;11-13,17H,4-10H2,1-3H3/t11-,12-,13?;12-,13-/m11/s1. The first-order valence-corrected chi connectivity index (χ1v) is 15.0. The van der Waals surface area contributed by atoms with E-state index in [4.69, 9.17) is 19.3 Å². The predicted octanol–water partition coefficient (Wildman–Crippen LogP) is 5.32. The lowest BCUT2D eigenvalue weighted by molar-refractivity contribution is 0.0163. The van der Waals surface area contributed by atoms with Crippen LogP contribution >= 0.6 is 0 Å². The van der Waals surface area contributed by atoms with E-state index in [1.807, 2.05) is 51.3 Å². The van der Waals surface area contributed by atoms with Gasteiger partial charge in [-0.15, -0.1) is 0 Å². The Morgan fingerprint density at radius 2 is 1.21 bits per heavy atom. The van der Waals surface area contributed by atoms with Crippen molar-refractivity contribution >= 4 is 12.2 Å². The summed E-state index contributed by atoms with van der Waals surface area (Å²) in [7, 11) is 0. The fraction of sp³-hybridized carbons (Fsp3) is 0.933. The highest BCUT2D eigenvalue weighted by Gasteiger charge is 2.52. The molecule has 0 bridgehead atoms. The molecular formula is C30H52N2O6. The van der Waals surface area contributed by atoms with Gasteiger partial charge >= 0.3 is 12.2 Å². The zero-order valence-corrected chi connectivity index (χ0v) is 24.6. The summed E-state index contributed by atoms with van der Waals surface area (Å²) in [6.07, 6.45) is 8.28. The van der Waals surface area contributed by atoms with Crippen LogP contribution in [0, 0.1) is 35.5 Å². The van der Waals surface area contributed by atoms with Gasteiger partial charge in [-0.05, 0) is 122 Å². The minimum atomic E-state index is -0.406. The van der Waals surface area contributed by atoms with Crippen molar-refractivity contribution in [2.75, 3.05) is 39.4 Å². The van der Waals surface area contributed by atoms with Crippen LogP contribution in [0.2, 0.25) is 0 Å². The third-order valence-electron chi connectivity index (χ3n) is 8.80. The number of aliphatic hydroxyl groups is 1. The maximum atomic E-state index is 12.0. The molecule has 0 aromatic carbocycles. The Morgan fingerprint density at radius 1 is 0.763 bits per heavy atom. The van der Waals surface area contributed by atoms with E-state index in [2.05, 4.69) is 0 Å². The summed E-state index contributed by atoms with van der Waals surface area (Å²) >= 11 is 0. The van der Waals surface area contributed by atoms with Gasteiger partial charge < -0.3 is 29.1 Å². The van der Waals surface area contributed by atoms with Crippen LogP contribution in [0.4, 0.5) is 9.59 Å². The number of epoxide rings is 1. The van der Waals surface area contributed by atoms with E-state index in [9.17, 15) is 9.59 Å². The number of ether oxygens (including phenoxy) is 3. The van der Waals surface area contributed by atoms with Gasteiger partial charge in [0.25, 0.3) is 0 Å². The van der Waals surface area contributed by atoms with E-state index < -0.39 is 11.2 Å². The summed E-state index contributed by atoms with van der Waals surface area (Å²) in [6, 6.07) is 0. The van der Waals surface area contributed by atoms with Crippen LogP contribution in [0.1, 0.15) is 86.5 Å². The van der Waals surface area contributed by atoms with E-state index in [-0.39, 0.29) is 12.2 Å². The van der Waals surface area contributed by atoms with Gasteiger partial charge in [-0.2, -0.15) is 0 Å². The second-order valence-electron chi connectivity index (χ2n) is 14.2. The molecule has 1 unspecified atom stereocenters. The number of rotatable bonds is 5. The molecule has 2 aliphatic carbocycles. The number of piperidine rings is 2. The molecule has 0 aromatic heterocycles. The molecule has 8 nitrogen and oxygen atoms in total. The van der Waals surface area contributed by atoms with Crippen LogP contribution in [-0.2, 0) is 14.2 Å². The fourth-order valence-corrected chi connectivity index (χ4v) is 6.53. The van der Waals surface area contributed by atoms with Crippen LogP contribution in [0.25, 0.3) is 0 Å². The summed E-state index contributed by atoms with van der Waals surface area (Å²) in [5.41, 5.74) is -0.796. The fourth-order valence-electron chi connectivity index (χ4n) is 6.53. The number of hydrogen-bond donors (Lipinski definition) is 1. The first kappa shape index (κ1) is 29.4. The molecule has 5 fully saturated rings. The SMILES string of the molecule is CC(C)(C)OC(=O)N1CCC([C@H]2C[C@H]2C2CO2)CC1.CC(C)(C)OC(=O)N1CCC([C@H]2C[C@H]2CCO)CC1. The van der Waals surface area contributed by atoms with E-state index in [1.165, 1.54) is 12.8 Å². The number of hydrogen-bond acceptors (Lipinski definition) is 6. The monoisotopic (exact) mass is 536 g/mol. The van der Waals surface area contributed by atoms with Crippen molar-refractivity contribution in [3.63, 3.8) is 0 Å². The Labute approximate surface area is 229 Å². The van der Waals surface area contributed by atoms with E-state index in [0.717, 1.165) is 100 Å². The molecule has 3 saturated heterocycles. The summed E-state index contributed by atoms with van der Waals surface area (Å²) < 4.78 is 16.2. The lowest BCUT2D eigenvalue weighted by Gasteiger charge is -2.33. The first-order valence-electron chi connectivity index (χ1n) is 15.0. The molecule has 8 heteroatoms. The molecule has 2 saturated carbocycles. The van der Waals surface area contributed by atoms with Crippen molar-refractivity contribution in [1.29, 1.82) is 0 Å². The van der Waals surface area contributed by atoms with E-state index >= 15 is 0 Å². The zero-order valence-electron chi connectivity index (χ0n) is 24.6. The summed E-state index contributed by atoms with van der Waals surface area (Å²) in [5.74, 6) is 4.78. The van der Waals surface area contributed by atoms with Crippen molar-refractivity contribution in [3.05, 3.63) is 0 Å². The molecule has 5 rings (SSSR count). The van der Waals surface area contributed by atoms with E-state index in [1.54, 1.807) is 0 Å². The molecule has 3 heterocycles. The van der Waals surface area contributed by atoms with Crippen LogP contribution in [-0.4, -0.2) is 83.8 Å². The highest BCUT2D eigenvalue weighted by atomic mass is 16.6. The van der Waals surface area contributed by atoms with Gasteiger partial charge in [0, 0.05) is 32.8 Å². The Morgan fingerprint density at radius 3 is 1.61 bits per heavy atom. The second-order valence-corrected chi connectivity index (χ2v) is 14.2. The smallest absolute Gasteiger partial charge is 0.410 e. The summed E-state index contributed by atoms with van der Waals surface area (Å²) in [5, 5.41) is 8.95. The molecule has 3 aliphatic heterocycles. The Kier molecular flexibility index (Phi) is 9.23. The molecule has 0 radical (unpaired) electrons. The molecule has 5 aliphatic rings. The van der Waals surface area contributed by atoms with Gasteiger partial charge in [-0.1, -0.05) is 0 Å². The zero-order chi connectivity index (χ0) is 27.7. The Hall–Kier alpha value is -1.54. The van der Waals surface area contributed by atoms with Crippen molar-refractivity contribution in [1.82, 2.24) is 9.80 Å². The molecule has 218 valence electrons. The number of carbonyl (C=O) groups is 2. The molecule has 1 N–H and O–H groups in total. The van der Waals surface area contributed by atoms with Crippen molar-refractivity contribution in [2.45, 2.75) is 104 Å². The van der Waals surface area contributed by atoms with Gasteiger partial charge in [-0.3, -0.25) is 0 Å². The van der Waals surface area contributed by atoms with Gasteiger partial charge in [0.15, 0.2) is 0 Å². The van der Waals surface area contributed by atoms with Gasteiger partial charge in [0.05, 0.1) is 12.7 Å². The second kappa shape index (κ2) is 11.9. The minimum absolute atomic E-state index is 0.149. The first-order chi connectivity index (χ1) is 17.8. The third-order valence-corrected chi connectivity index (χ3v) is 8.80. The highest BCUT2D eigenvalue weighted by Crippen LogP contribution is 2.53. The molecule has 0 aromatic rings. The number of nitrogens with zero attached hydrogens (tertiary/aromatic N) is 2. The van der Waals surface area contributed by atoms with Gasteiger partial charge in [0.2, 0.25) is 0 Å². The predicted molar refractivity (Wildman–Crippen MR) is 146 cm³/mol. The maximum Gasteiger partial charge on any atom is 0.410 e. The normalized spacial score (nSPS) is 31.7.